The van der Waals surface area contributed by atoms with Crippen molar-refractivity contribution in [2.24, 2.45) is 0 Å². The Kier molecular flexibility index (Phi) is 2.93. The lowest BCUT2D eigenvalue weighted by molar-refractivity contribution is 0.0257. The Bertz CT molecular complexity index is 875. The van der Waals surface area contributed by atoms with Crippen molar-refractivity contribution in [3.63, 3.8) is 0 Å². The quantitative estimate of drug-likeness (QED) is 0.758. The molecule has 118 valence electrons. The summed E-state index contributed by atoms with van der Waals surface area (Å²) in [6, 6.07) is 3.49. The lowest BCUT2D eigenvalue weighted by Crippen LogP contribution is -2.25. The largest absolute Gasteiger partial charge is 0.368 e. The third-order valence-electron chi connectivity index (χ3n) is 4.01. The van der Waals surface area contributed by atoms with Gasteiger partial charge in [-0.2, -0.15) is 0 Å². The number of fused-ring (bicyclic) bond motifs is 1. The minimum Gasteiger partial charge on any atom is -0.368 e. The molecule has 8 heteroatoms. The first-order valence-electron chi connectivity index (χ1n) is 7.21. The SMILES string of the molecule is Nc1nccc(-c2c[nH]c3nccc(N4CCC(F)(F)C4)c23)n1. The van der Waals surface area contributed by atoms with Crippen molar-refractivity contribution in [1.82, 2.24) is 19.9 Å². The number of nitrogens with one attached hydrogen (secondary N) is 1. The molecule has 3 aromatic heterocycles. The molecule has 0 spiro atoms. The summed E-state index contributed by atoms with van der Waals surface area (Å²) in [6.07, 6.45) is 4.80. The summed E-state index contributed by atoms with van der Waals surface area (Å²) in [6.45, 7) is 0.0191. The zero-order valence-electron chi connectivity index (χ0n) is 12.1. The van der Waals surface area contributed by atoms with Crippen LogP contribution in [0.4, 0.5) is 20.4 Å². The van der Waals surface area contributed by atoms with E-state index in [2.05, 4.69) is 19.9 Å². The number of nitrogens with two attached hydrogens (primary N) is 1. The molecule has 0 amide bonds. The molecule has 0 atom stereocenters. The highest BCUT2D eigenvalue weighted by Crippen LogP contribution is 2.38. The van der Waals surface area contributed by atoms with E-state index in [1.54, 1.807) is 35.6 Å². The van der Waals surface area contributed by atoms with E-state index in [-0.39, 0.29) is 18.9 Å². The summed E-state index contributed by atoms with van der Waals surface area (Å²) in [5.41, 5.74) is 8.40. The molecule has 0 aromatic carbocycles. The zero-order chi connectivity index (χ0) is 16.0. The summed E-state index contributed by atoms with van der Waals surface area (Å²) in [5.74, 6) is -2.50. The first-order chi connectivity index (χ1) is 11.0. The van der Waals surface area contributed by atoms with Crippen molar-refractivity contribution < 1.29 is 8.78 Å². The molecule has 3 N–H and O–H groups in total. The van der Waals surface area contributed by atoms with E-state index in [4.69, 9.17) is 5.73 Å². The van der Waals surface area contributed by atoms with Crippen LogP contribution in [0.3, 0.4) is 0 Å². The summed E-state index contributed by atoms with van der Waals surface area (Å²) in [4.78, 5) is 17.1. The van der Waals surface area contributed by atoms with E-state index >= 15 is 0 Å². The lowest BCUT2D eigenvalue weighted by atomic mass is 10.1. The number of nitrogens with zero attached hydrogens (tertiary/aromatic N) is 4. The average Bonchev–Trinajstić information content (AvgIpc) is 3.10. The number of rotatable bonds is 2. The Balaban J connectivity index is 1.88. The van der Waals surface area contributed by atoms with Crippen LogP contribution in [0.1, 0.15) is 6.42 Å². The van der Waals surface area contributed by atoms with E-state index in [9.17, 15) is 8.78 Å². The highest BCUT2D eigenvalue weighted by atomic mass is 19.3. The topological polar surface area (TPSA) is 83.7 Å². The fraction of sp³-hybridized carbons (Fsp3) is 0.267. The van der Waals surface area contributed by atoms with Crippen molar-refractivity contribution >= 4 is 22.7 Å². The Morgan fingerprint density at radius 2 is 2.04 bits per heavy atom. The minimum atomic E-state index is -2.66. The maximum absolute atomic E-state index is 13.6. The van der Waals surface area contributed by atoms with Crippen LogP contribution < -0.4 is 10.6 Å². The lowest BCUT2D eigenvalue weighted by Gasteiger charge is -2.19. The highest BCUT2D eigenvalue weighted by Gasteiger charge is 2.39. The van der Waals surface area contributed by atoms with Crippen molar-refractivity contribution in [3.05, 3.63) is 30.7 Å². The second-order valence-corrected chi connectivity index (χ2v) is 5.58. The van der Waals surface area contributed by atoms with Crippen LogP contribution in [0, 0.1) is 0 Å². The molecular weight excluding hydrogens is 302 g/mol. The monoisotopic (exact) mass is 316 g/mol. The molecule has 1 fully saturated rings. The summed E-state index contributed by atoms with van der Waals surface area (Å²) < 4.78 is 27.2. The molecule has 1 aliphatic rings. The molecule has 0 unspecified atom stereocenters. The molecule has 23 heavy (non-hydrogen) atoms. The van der Waals surface area contributed by atoms with Crippen molar-refractivity contribution in [1.29, 1.82) is 0 Å². The molecule has 3 aromatic rings. The van der Waals surface area contributed by atoms with Crippen LogP contribution in [-0.2, 0) is 0 Å². The van der Waals surface area contributed by atoms with Gasteiger partial charge in [-0.25, -0.2) is 23.7 Å². The van der Waals surface area contributed by atoms with Gasteiger partial charge in [0.05, 0.1) is 23.3 Å². The van der Waals surface area contributed by atoms with Gasteiger partial charge in [0, 0.05) is 37.1 Å². The number of halogens is 2. The normalized spacial score (nSPS) is 17.0. The van der Waals surface area contributed by atoms with Gasteiger partial charge in [0.25, 0.3) is 5.92 Å². The van der Waals surface area contributed by atoms with Gasteiger partial charge in [0.15, 0.2) is 0 Å². The van der Waals surface area contributed by atoms with Crippen LogP contribution in [-0.4, -0.2) is 38.9 Å². The second-order valence-electron chi connectivity index (χ2n) is 5.58. The fourth-order valence-corrected chi connectivity index (χ4v) is 2.97. The van der Waals surface area contributed by atoms with E-state index in [0.29, 0.717) is 17.9 Å². The number of aromatic nitrogens is 4. The molecule has 0 aliphatic carbocycles. The van der Waals surface area contributed by atoms with E-state index < -0.39 is 5.92 Å². The van der Waals surface area contributed by atoms with E-state index in [0.717, 1.165) is 16.6 Å². The van der Waals surface area contributed by atoms with Gasteiger partial charge in [-0.1, -0.05) is 0 Å². The molecule has 0 radical (unpaired) electrons. The van der Waals surface area contributed by atoms with Crippen LogP contribution in [0.25, 0.3) is 22.3 Å². The summed E-state index contributed by atoms with van der Waals surface area (Å²) >= 11 is 0. The highest BCUT2D eigenvalue weighted by molar-refractivity contribution is 6.02. The predicted octanol–water partition coefficient (Wildman–Crippen LogP) is 2.45. The Morgan fingerprint density at radius 3 is 2.78 bits per heavy atom. The second kappa shape index (κ2) is 4.87. The number of H-pyrrole nitrogens is 1. The Morgan fingerprint density at radius 1 is 1.22 bits per heavy atom. The first-order valence-corrected chi connectivity index (χ1v) is 7.21. The van der Waals surface area contributed by atoms with Gasteiger partial charge in [0.2, 0.25) is 5.95 Å². The van der Waals surface area contributed by atoms with E-state index in [1.807, 2.05) is 0 Å². The molecular formula is C15H14F2N6. The van der Waals surface area contributed by atoms with Crippen molar-refractivity contribution in [2.45, 2.75) is 12.3 Å². The predicted molar refractivity (Wildman–Crippen MR) is 83.3 cm³/mol. The average molecular weight is 316 g/mol. The Labute approximate surface area is 130 Å². The van der Waals surface area contributed by atoms with Gasteiger partial charge >= 0.3 is 0 Å². The molecule has 1 saturated heterocycles. The third-order valence-corrected chi connectivity index (χ3v) is 4.01. The third kappa shape index (κ3) is 2.36. The van der Waals surface area contributed by atoms with Gasteiger partial charge in [0.1, 0.15) is 5.65 Å². The van der Waals surface area contributed by atoms with Crippen molar-refractivity contribution in [3.8, 4) is 11.3 Å². The van der Waals surface area contributed by atoms with Crippen LogP contribution in [0.2, 0.25) is 0 Å². The fourth-order valence-electron chi connectivity index (χ4n) is 2.97. The van der Waals surface area contributed by atoms with Crippen molar-refractivity contribution in [2.75, 3.05) is 23.7 Å². The summed E-state index contributed by atoms with van der Waals surface area (Å²) in [7, 11) is 0. The first kappa shape index (κ1) is 13.9. The maximum atomic E-state index is 13.6. The maximum Gasteiger partial charge on any atom is 0.266 e. The number of alkyl halides is 2. The molecule has 0 bridgehead atoms. The zero-order valence-corrected chi connectivity index (χ0v) is 12.1. The number of pyridine rings is 1. The molecule has 4 heterocycles. The van der Waals surface area contributed by atoms with Gasteiger partial charge in [-0.15, -0.1) is 0 Å². The summed E-state index contributed by atoms with van der Waals surface area (Å²) in [5, 5.41) is 0.767. The molecule has 6 nitrogen and oxygen atoms in total. The molecule has 1 aliphatic heterocycles. The van der Waals surface area contributed by atoms with Crippen LogP contribution >= 0.6 is 0 Å². The number of anilines is 2. The van der Waals surface area contributed by atoms with Crippen LogP contribution in [0.5, 0.6) is 0 Å². The van der Waals surface area contributed by atoms with Crippen LogP contribution in [0.15, 0.2) is 30.7 Å². The molecule has 4 rings (SSSR count). The Hall–Kier alpha value is -2.77. The van der Waals surface area contributed by atoms with Gasteiger partial charge in [-0.05, 0) is 12.1 Å². The van der Waals surface area contributed by atoms with Gasteiger partial charge < -0.3 is 15.6 Å². The number of hydrogen-bond donors (Lipinski definition) is 2. The van der Waals surface area contributed by atoms with E-state index in [1.165, 1.54) is 0 Å². The number of hydrogen-bond acceptors (Lipinski definition) is 5. The molecule has 0 saturated carbocycles. The van der Waals surface area contributed by atoms with Gasteiger partial charge in [-0.3, -0.25) is 0 Å². The standard InChI is InChI=1S/C15H14F2N6/c16-15(17)3-6-23(8-15)11-2-5-19-13-12(11)9(7-21-13)10-1-4-20-14(18)22-10/h1-2,4-5,7H,3,6,8H2,(H,19,21)(H2,18,20,22). The minimum absolute atomic E-state index is 0.142. The number of aromatic amines is 1. The smallest absolute Gasteiger partial charge is 0.266 e. The number of nitrogen functional groups attached to an aromatic ring is 1.